The molecule has 0 aliphatic rings. The van der Waals surface area contributed by atoms with Gasteiger partial charge in [-0.1, -0.05) is 12.1 Å². The lowest BCUT2D eigenvalue weighted by Crippen LogP contribution is -2.17. The van der Waals surface area contributed by atoms with Gasteiger partial charge in [0, 0.05) is 0 Å². The number of hydrogen-bond donors (Lipinski definition) is 1. The Bertz CT molecular complexity index is 619. The van der Waals surface area contributed by atoms with Crippen molar-refractivity contribution in [1.82, 2.24) is 5.32 Å². The first-order valence-electron chi connectivity index (χ1n) is 6.02. The van der Waals surface area contributed by atoms with Crippen molar-refractivity contribution in [2.45, 2.75) is 6.04 Å². The Morgan fingerprint density at radius 2 is 1.65 bits per heavy atom. The van der Waals surface area contributed by atoms with Crippen LogP contribution in [-0.2, 0) is 0 Å². The predicted molar refractivity (Wildman–Crippen MR) is 85.7 cm³/mol. The molecular formula is C15H14Br2FNO. The largest absolute Gasteiger partial charge is 0.496 e. The highest BCUT2D eigenvalue weighted by atomic mass is 79.9. The van der Waals surface area contributed by atoms with Gasteiger partial charge in [-0.25, -0.2) is 4.39 Å². The Labute approximate surface area is 134 Å². The summed E-state index contributed by atoms with van der Waals surface area (Å²) in [6, 6.07) is 10.9. The molecule has 0 saturated carbocycles. The van der Waals surface area contributed by atoms with Crippen molar-refractivity contribution in [3.05, 3.63) is 62.3 Å². The molecule has 0 aliphatic carbocycles. The van der Waals surface area contributed by atoms with Gasteiger partial charge in [-0.3, -0.25) is 0 Å². The van der Waals surface area contributed by atoms with Gasteiger partial charge in [0.05, 0.1) is 22.1 Å². The van der Waals surface area contributed by atoms with E-state index in [2.05, 4.69) is 37.2 Å². The first kappa shape index (κ1) is 15.5. The van der Waals surface area contributed by atoms with Crippen LogP contribution in [0.1, 0.15) is 17.2 Å². The van der Waals surface area contributed by atoms with Gasteiger partial charge in [0.1, 0.15) is 11.6 Å². The molecule has 0 aromatic heterocycles. The third kappa shape index (κ3) is 3.22. The standard InChI is InChI=1S/C15H14Br2FNO/c1-19-15(9-3-5-13(18)11(16)7-9)10-4-6-14(20-2)12(17)8-10/h3-8,15,19H,1-2H3. The van der Waals surface area contributed by atoms with Crippen molar-refractivity contribution in [1.29, 1.82) is 0 Å². The molecule has 1 N–H and O–H groups in total. The minimum atomic E-state index is -0.264. The molecule has 0 fully saturated rings. The van der Waals surface area contributed by atoms with Crippen molar-refractivity contribution in [2.75, 3.05) is 14.2 Å². The second-order valence-corrected chi connectivity index (χ2v) is 6.00. The number of rotatable bonds is 4. The number of methoxy groups -OCH3 is 1. The molecule has 2 rings (SSSR count). The monoisotopic (exact) mass is 401 g/mol. The second kappa shape index (κ2) is 6.70. The summed E-state index contributed by atoms with van der Waals surface area (Å²) >= 11 is 6.70. The van der Waals surface area contributed by atoms with E-state index in [1.807, 2.05) is 25.2 Å². The first-order valence-corrected chi connectivity index (χ1v) is 7.61. The Morgan fingerprint density at radius 3 is 2.15 bits per heavy atom. The number of benzene rings is 2. The third-order valence-electron chi connectivity index (χ3n) is 3.07. The zero-order valence-electron chi connectivity index (χ0n) is 11.1. The molecule has 2 aromatic rings. The summed E-state index contributed by atoms with van der Waals surface area (Å²) in [5.41, 5.74) is 2.05. The summed E-state index contributed by atoms with van der Waals surface area (Å²) in [5, 5.41) is 3.24. The Kier molecular flexibility index (Phi) is 5.18. The topological polar surface area (TPSA) is 21.3 Å². The minimum absolute atomic E-state index is 0.0193. The van der Waals surface area contributed by atoms with E-state index in [0.29, 0.717) is 4.47 Å². The molecule has 0 heterocycles. The maximum atomic E-state index is 13.3. The molecule has 2 aromatic carbocycles. The first-order chi connectivity index (χ1) is 9.56. The van der Waals surface area contributed by atoms with Crippen molar-refractivity contribution in [3.63, 3.8) is 0 Å². The summed E-state index contributed by atoms with van der Waals surface area (Å²) in [7, 11) is 3.51. The Balaban J connectivity index is 2.41. The molecule has 0 aliphatic heterocycles. The lowest BCUT2D eigenvalue weighted by molar-refractivity contribution is 0.412. The van der Waals surface area contributed by atoms with Crippen molar-refractivity contribution in [2.24, 2.45) is 0 Å². The highest BCUT2D eigenvalue weighted by molar-refractivity contribution is 9.10. The smallest absolute Gasteiger partial charge is 0.137 e. The van der Waals surface area contributed by atoms with E-state index < -0.39 is 0 Å². The highest BCUT2D eigenvalue weighted by Crippen LogP contribution is 2.31. The van der Waals surface area contributed by atoms with Crippen LogP contribution >= 0.6 is 31.9 Å². The van der Waals surface area contributed by atoms with Crippen LogP contribution in [0.15, 0.2) is 45.3 Å². The van der Waals surface area contributed by atoms with Crippen LogP contribution in [0.2, 0.25) is 0 Å². The van der Waals surface area contributed by atoms with E-state index in [1.165, 1.54) is 6.07 Å². The fourth-order valence-electron chi connectivity index (χ4n) is 2.08. The third-order valence-corrected chi connectivity index (χ3v) is 4.30. The fraction of sp³-hybridized carbons (Fsp3) is 0.200. The summed E-state index contributed by atoms with van der Waals surface area (Å²) < 4.78 is 19.9. The average Bonchev–Trinajstić information content (AvgIpc) is 2.44. The average molecular weight is 403 g/mol. The lowest BCUT2D eigenvalue weighted by Gasteiger charge is -2.18. The zero-order chi connectivity index (χ0) is 14.7. The van der Waals surface area contributed by atoms with E-state index in [0.717, 1.165) is 21.3 Å². The normalized spacial score (nSPS) is 12.2. The van der Waals surface area contributed by atoms with Gasteiger partial charge in [0.25, 0.3) is 0 Å². The molecule has 0 amide bonds. The van der Waals surface area contributed by atoms with E-state index in [1.54, 1.807) is 19.2 Å². The molecular weight excluding hydrogens is 389 g/mol. The fourth-order valence-corrected chi connectivity index (χ4v) is 3.03. The number of ether oxygens (including phenoxy) is 1. The second-order valence-electron chi connectivity index (χ2n) is 4.29. The predicted octanol–water partition coefficient (Wildman–Crippen LogP) is 4.67. The van der Waals surface area contributed by atoms with Gasteiger partial charge in [-0.05, 0) is 74.3 Å². The van der Waals surface area contributed by atoms with Gasteiger partial charge in [-0.2, -0.15) is 0 Å². The van der Waals surface area contributed by atoms with E-state index >= 15 is 0 Å². The van der Waals surface area contributed by atoms with Gasteiger partial charge in [0.2, 0.25) is 0 Å². The van der Waals surface area contributed by atoms with Crippen LogP contribution in [0.4, 0.5) is 4.39 Å². The van der Waals surface area contributed by atoms with Crippen LogP contribution < -0.4 is 10.1 Å². The molecule has 20 heavy (non-hydrogen) atoms. The number of hydrogen-bond acceptors (Lipinski definition) is 2. The molecule has 0 spiro atoms. The van der Waals surface area contributed by atoms with E-state index in [-0.39, 0.29) is 11.9 Å². The lowest BCUT2D eigenvalue weighted by atomic mass is 9.99. The Morgan fingerprint density at radius 1 is 1.05 bits per heavy atom. The molecule has 5 heteroatoms. The highest BCUT2D eigenvalue weighted by Gasteiger charge is 2.15. The van der Waals surface area contributed by atoms with Gasteiger partial charge in [-0.15, -0.1) is 0 Å². The number of nitrogens with one attached hydrogen (secondary N) is 1. The van der Waals surface area contributed by atoms with Crippen LogP contribution in [0.25, 0.3) is 0 Å². The van der Waals surface area contributed by atoms with E-state index in [9.17, 15) is 4.39 Å². The Hall–Kier alpha value is -0.910. The number of halogens is 3. The summed E-state index contributed by atoms with van der Waals surface area (Å²) in [5.74, 6) is 0.517. The van der Waals surface area contributed by atoms with Crippen LogP contribution in [0, 0.1) is 5.82 Å². The minimum Gasteiger partial charge on any atom is -0.496 e. The van der Waals surface area contributed by atoms with E-state index in [4.69, 9.17) is 4.74 Å². The molecule has 0 bridgehead atoms. The summed E-state index contributed by atoms with van der Waals surface area (Å²) in [4.78, 5) is 0. The van der Waals surface area contributed by atoms with Crippen molar-refractivity contribution >= 4 is 31.9 Å². The summed E-state index contributed by atoms with van der Waals surface area (Å²) in [6.07, 6.45) is 0. The quantitative estimate of drug-likeness (QED) is 0.802. The molecule has 1 atom stereocenters. The van der Waals surface area contributed by atoms with Gasteiger partial charge >= 0.3 is 0 Å². The van der Waals surface area contributed by atoms with Gasteiger partial charge < -0.3 is 10.1 Å². The molecule has 0 saturated heterocycles. The van der Waals surface area contributed by atoms with Crippen LogP contribution in [0.3, 0.4) is 0 Å². The maximum absolute atomic E-state index is 13.3. The molecule has 1 unspecified atom stereocenters. The SMILES string of the molecule is CNC(c1ccc(F)c(Br)c1)c1ccc(OC)c(Br)c1. The van der Waals surface area contributed by atoms with Gasteiger partial charge in [0.15, 0.2) is 0 Å². The van der Waals surface area contributed by atoms with Crippen molar-refractivity contribution in [3.8, 4) is 5.75 Å². The molecule has 106 valence electrons. The van der Waals surface area contributed by atoms with Crippen LogP contribution in [0.5, 0.6) is 5.75 Å². The maximum Gasteiger partial charge on any atom is 0.137 e. The molecule has 0 radical (unpaired) electrons. The van der Waals surface area contributed by atoms with Crippen molar-refractivity contribution < 1.29 is 9.13 Å². The van der Waals surface area contributed by atoms with Crippen LogP contribution in [-0.4, -0.2) is 14.2 Å². The summed E-state index contributed by atoms with van der Waals surface area (Å²) in [6.45, 7) is 0. The molecule has 2 nitrogen and oxygen atoms in total. The zero-order valence-corrected chi connectivity index (χ0v) is 14.3.